The van der Waals surface area contributed by atoms with Crippen LogP contribution in [0.5, 0.6) is 5.75 Å². The number of benzene rings is 1. The molecule has 1 fully saturated rings. The average molecular weight is 338 g/mol. The summed E-state index contributed by atoms with van der Waals surface area (Å²) in [6, 6.07) is 4.39. The molecule has 8 heteroatoms. The van der Waals surface area contributed by atoms with Crippen molar-refractivity contribution in [1.82, 2.24) is 5.32 Å². The maximum atomic E-state index is 10.9. The molecule has 0 bridgehead atoms. The molecule has 1 aliphatic heterocycles. The third kappa shape index (κ3) is 3.87. The number of nitro benzene ring substituents is 1. The van der Waals surface area contributed by atoms with Crippen molar-refractivity contribution in [3.8, 4) is 5.75 Å². The van der Waals surface area contributed by atoms with Crippen LogP contribution in [0.2, 0.25) is 0 Å². The van der Waals surface area contributed by atoms with Crippen molar-refractivity contribution >= 4 is 57.3 Å². The number of hydrogen-bond donors (Lipinski definition) is 1. The smallest absolute Gasteiger partial charge is 0.270 e. The van der Waals surface area contributed by atoms with Crippen LogP contribution in [-0.4, -0.2) is 20.8 Å². The van der Waals surface area contributed by atoms with E-state index in [0.717, 1.165) is 4.91 Å². The van der Waals surface area contributed by atoms with Crippen molar-refractivity contribution < 1.29 is 9.66 Å². The van der Waals surface area contributed by atoms with Crippen LogP contribution in [0.1, 0.15) is 5.56 Å². The quantitative estimate of drug-likeness (QED) is 0.290. The fraction of sp³-hybridized carbons (Fsp3) is 0.0769. The zero-order valence-corrected chi connectivity index (χ0v) is 13.1. The monoisotopic (exact) mass is 338 g/mol. The highest BCUT2D eigenvalue weighted by Gasteiger charge is 2.20. The standard InChI is InChI=1S/C13H10N2O3S3/c1-2-5-18-10-4-3-9(15(16)17)6-8(10)7-11-12(19)14-13(20)21-11/h2-4,6-7H,1,5H2,(H,14,19,20)/b11-7-. The molecule has 1 aliphatic rings. The predicted molar refractivity (Wildman–Crippen MR) is 92.7 cm³/mol. The molecule has 1 N–H and O–H groups in total. The summed E-state index contributed by atoms with van der Waals surface area (Å²) in [4.78, 5) is 11.7. The minimum atomic E-state index is -0.456. The molecule has 0 amide bonds. The van der Waals surface area contributed by atoms with E-state index in [1.54, 1.807) is 18.2 Å². The van der Waals surface area contributed by atoms with Gasteiger partial charge in [0, 0.05) is 17.7 Å². The molecule has 1 aromatic rings. The maximum absolute atomic E-state index is 10.9. The number of thiocarbonyl (C=S) groups is 2. The first-order chi connectivity index (χ1) is 10.0. The van der Waals surface area contributed by atoms with Gasteiger partial charge in [0.2, 0.25) is 0 Å². The fourth-order valence-electron chi connectivity index (χ4n) is 1.60. The molecular weight excluding hydrogens is 328 g/mol. The van der Waals surface area contributed by atoms with E-state index in [9.17, 15) is 10.1 Å². The summed E-state index contributed by atoms with van der Waals surface area (Å²) in [7, 11) is 0. The molecule has 2 rings (SSSR count). The predicted octanol–water partition coefficient (Wildman–Crippen LogP) is 3.45. The van der Waals surface area contributed by atoms with Crippen molar-refractivity contribution in [2.24, 2.45) is 0 Å². The second-order valence-corrected chi connectivity index (χ2v) is 6.06. The Morgan fingerprint density at radius 3 is 2.81 bits per heavy atom. The molecular formula is C13H10N2O3S3. The van der Waals surface area contributed by atoms with Crippen LogP contribution in [0.3, 0.4) is 0 Å². The Morgan fingerprint density at radius 2 is 2.24 bits per heavy atom. The molecule has 1 heterocycles. The number of rotatable bonds is 5. The first kappa shape index (κ1) is 15.6. The molecule has 0 atom stereocenters. The lowest BCUT2D eigenvalue weighted by Gasteiger charge is -2.07. The Kier molecular flexibility index (Phi) is 5.05. The van der Waals surface area contributed by atoms with Crippen LogP contribution < -0.4 is 10.1 Å². The highest BCUT2D eigenvalue weighted by atomic mass is 32.2. The minimum Gasteiger partial charge on any atom is -0.489 e. The number of ether oxygens (including phenoxy) is 1. The molecule has 1 aromatic carbocycles. The van der Waals surface area contributed by atoms with Gasteiger partial charge < -0.3 is 10.1 Å². The number of non-ortho nitro benzene ring substituents is 1. The molecule has 0 unspecified atom stereocenters. The lowest BCUT2D eigenvalue weighted by molar-refractivity contribution is -0.384. The zero-order valence-electron chi connectivity index (χ0n) is 10.7. The molecule has 1 saturated heterocycles. The highest BCUT2D eigenvalue weighted by Crippen LogP contribution is 2.32. The van der Waals surface area contributed by atoms with Crippen molar-refractivity contribution in [3.63, 3.8) is 0 Å². The average Bonchev–Trinajstić information content (AvgIpc) is 2.75. The third-order valence-corrected chi connectivity index (χ3v) is 4.12. The minimum absolute atomic E-state index is 0.0164. The van der Waals surface area contributed by atoms with Gasteiger partial charge in [-0.05, 0) is 12.1 Å². The SMILES string of the molecule is C=CCOc1ccc([N+](=O)[O-])cc1/C=C1\SC(=S)NC1=S. The van der Waals surface area contributed by atoms with Crippen LogP contribution in [-0.2, 0) is 0 Å². The van der Waals surface area contributed by atoms with Gasteiger partial charge in [-0.3, -0.25) is 10.1 Å². The summed E-state index contributed by atoms with van der Waals surface area (Å²) in [5.74, 6) is 0.522. The summed E-state index contributed by atoms with van der Waals surface area (Å²) >= 11 is 11.5. The molecule has 5 nitrogen and oxygen atoms in total. The molecule has 21 heavy (non-hydrogen) atoms. The Bertz CT molecular complexity index is 671. The van der Waals surface area contributed by atoms with Crippen LogP contribution in [0, 0.1) is 10.1 Å². The van der Waals surface area contributed by atoms with E-state index in [0.29, 0.717) is 27.2 Å². The van der Waals surface area contributed by atoms with E-state index in [-0.39, 0.29) is 5.69 Å². The largest absolute Gasteiger partial charge is 0.489 e. The summed E-state index contributed by atoms with van der Waals surface area (Å²) < 4.78 is 6.06. The summed E-state index contributed by atoms with van der Waals surface area (Å²) in [6.07, 6.45) is 3.33. The number of hydrogen-bond acceptors (Lipinski definition) is 6. The van der Waals surface area contributed by atoms with E-state index in [2.05, 4.69) is 11.9 Å². The molecule has 0 aromatic heterocycles. The number of nitrogens with zero attached hydrogens (tertiary/aromatic N) is 1. The van der Waals surface area contributed by atoms with Gasteiger partial charge in [0.1, 0.15) is 21.7 Å². The summed E-state index contributed by atoms with van der Waals surface area (Å²) in [6.45, 7) is 3.88. The van der Waals surface area contributed by atoms with E-state index in [1.807, 2.05) is 0 Å². The Balaban J connectivity index is 2.42. The van der Waals surface area contributed by atoms with Crippen LogP contribution in [0.4, 0.5) is 5.69 Å². The van der Waals surface area contributed by atoms with Crippen LogP contribution in [0.15, 0.2) is 35.8 Å². The third-order valence-electron chi connectivity index (χ3n) is 2.49. The Morgan fingerprint density at radius 1 is 1.48 bits per heavy atom. The second kappa shape index (κ2) is 6.79. The molecule has 108 valence electrons. The van der Waals surface area contributed by atoms with E-state index >= 15 is 0 Å². The van der Waals surface area contributed by atoms with Crippen LogP contribution >= 0.6 is 36.2 Å². The number of nitro groups is 1. The first-order valence-electron chi connectivity index (χ1n) is 5.78. The molecule has 0 saturated carbocycles. The van der Waals surface area contributed by atoms with Gasteiger partial charge >= 0.3 is 0 Å². The van der Waals surface area contributed by atoms with Crippen LogP contribution in [0.25, 0.3) is 6.08 Å². The van der Waals surface area contributed by atoms with Gasteiger partial charge in [-0.15, -0.1) is 0 Å². The van der Waals surface area contributed by atoms with Crippen molar-refractivity contribution in [2.75, 3.05) is 6.61 Å². The summed E-state index contributed by atoms with van der Waals surface area (Å²) in [5.41, 5.74) is 0.555. The lowest BCUT2D eigenvalue weighted by atomic mass is 10.1. The van der Waals surface area contributed by atoms with Crippen molar-refractivity contribution in [2.45, 2.75) is 0 Å². The lowest BCUT2D eigenvalue weighted by Crippen LogP contribution is -2.15. The second-order valence-electron chi connectivity index (χ2n) is 3.93. The highest BCUT2D eigenvalue weighted by molar-refractivity contribution is 8.27. The normalized spacial score (nSPS) is 15.9. The van der Waals surface area contributed by atoms with Gasteiger partial charge in [-0.25, -0.2) is 0 Å². The fourth-order valence-corrected chi connectivity index (χ4v) is 3.07. The first-order valence-corrected chi connectivity index (χ1v) is 7.41. The van der Waals surface area contributed by atoms with E-state index in [1.165, 1.54) is 23.9 Å². The van der Waals surface area contributed by atoms with Crippen molar-refractivity contribution in [3.05, 3.63) is 51.4 Å². The molecule has 0 radical (unpaired) electrons. The van der Waals surface area contributed by atoms with Gasteiger partial charge in [0.15, 0.2) is 0 Å². The Hall–Kier alpha value is -1.77. The number of thioether (sulfide) groups is 1. The van der Waals surface area contributed by atoms with E-state index in [4.69, 9.17) is 29.2 Å². The molecule has 0 spiro atoms. The van der Waals surface area contributed by atoms with E-state index < -0.39 is 4.92 Å². The summed E-state index contributed by atoms with van der Waals surface area (Å²) in [5, 5.41) is 13.7. The topological polar surface area (TPSA) is 64.4 Å². The van der Waals surface area contributed by atoms with Crippen molar-refractivity contribution in [1.29, 1.82) is 0 Å². The van der Waals surface area contributed by atoms with Gasteiger partial charge in [0.25, 0.3) is 5.69 Å². The van der Waals surface area contributed by atoms with Gasteiger partial charge in [0.05, 0.1) is 9.83 Å². The molecule has 0 aliphatic carbocycles. The van der Waals surface area contributed by atoms with Gasteiger partial charge in [-0.1, -0.05) is 48.9 Å². The number of nitrogens with one attached hydrogen (secondary N) is 1. The maximum Gasteiger partial charge on any atom is 0.270 e. The zero-order chi connectivity index (χ0) is 15.4. The van der Waals surface area contributed by atoms with Gasteiger partial charge in [-0.2, -0.15) is 0 Å². The Labute approximate surface area is 136 Å².